The Kier molecular flexibility index (Phi) is 4.85. The number of halogens is 1. The number of phenolic OH excluding ortho intramolecular Hbond substituents is 1. The Morgan fingerprint density at radius 1 is 0.935 bits per heavy atom. The average Bonchev–Trinajstić information content (AvgIpc) is 3.12. The molecule has 6 nitrogen and oxygen atoms in total. The molecule has 2 aromatic carbocycles. The number of benzene rings is 2. The van der Waals surface area contributed by atoms with Crippen molar-refractivity contribution >= 4 is 22.5 Å². The molecule has 0 radical (unpaired) electrons. The van der Waals surface area contributed by atoms with Gasteiger partial charge < -0.3 is 9.67 Å². The summed E-state index contributed by atoms with van der Waals surface area (Å²) in [5, 5.41) is 11.4. The van der Waals surface area contributed by atoms with Gasteiger partial charge in [-0.1, -0.05) is 56.6 Å². The van der Waals surface area contributed by atoms with Crippen LogP contribution in [0, 0.1) is 0 Å². The van der Waals surface area contributed by atoms with Crippen LogP contribution in [0.4, 0.5) is 0 Å². The summed E-state index contributed by atoms with van der Waals surface area (Å²) in [4.78, 5) is 25.7. The molecule has 0 fully saturated rings. The van der Waals surface area contributed by atoms with Crippen molar-refractivity contribution in [2.75, 3.05) is 0 Å². The van der Waals surface area contributed by atoms with E-state index in [0.29, 0.717) is 27.3 Å². The van der Waals surface area contributed by atoms with Gasteiger partial charge in [0.05, 0.1) is 22.3 Å². The third-order valence-electron chi connectivity index (χ3n) is 5.66. The summed E-state index contributed by atoms with van der Waals surface area (Å²) in [6.07, 6.45) is 1.69. The van der Waals surface area contributed by atoms with Crippen molar-refractivity contribution in [3.63, 3.8) is 0 Å². The third kappa shape index (κ3) is 3.37. The minimum atomic E-state index is -0.417. The largest absolute Gasteiger partial charge is 0.506 e. The van der Waals surface area contributed by atoms with E-state index in [2.05, 4.69) is 20.8 Å². The molecule has 0 saturated heterocycles. The van der Waals surface area contributed by atoms with Crippen molar-refractivity contribution in [1.82, 2.24) is 13.7 Å². The predicted molar refractivity (Wildman–Crippen MR) is 125 cm³/mol. The Labute approximate surface area is 184 Å². The topological polar surface area (TPSA) is 69.2 Å². The van der Waals surface area contributed by atoms with E-state index in [1.165, 1.54) is 17.7 Å². The second-order valence-corrected chi connectivity index (χ2v) is 9.21. The molecule has 0 spiro atoms. The van der Waals surface area contributed by atoms with E-state index in [1.807, 2.05) is 24.3 Å². The molecule has 4 rings (SSSR count). The molecule has 0 aliphatic carbocycles. The quantitative estimate of drug-likeness (QED) is 0.506. The predicted octanol–water partition coefficient (Wildman–Crippen LogP) is 4.35. The highest BCUT2D eigenvalue weighted by atomic mass is 35.5. The summed E-state index contributed by atoms with van der Waals surface area (Å²) < 4.78 is 4.25. The minimum Gasteiger partial charge on any atom is -0.506 e. The van der Waals surface area contributed by atoms with Crippen molar-refractivity contribution in [3.8, 4) is 22.7 Å². The number of hydrogen-bond donors (Lipinski definition) is 1. The van der Waals surface area contributed by atoms with Crippen LogP contribution in [-0.2, 0) is 19.5 Å². The van der Waals surface area contributed by atoms with Gasteiger partial charge in [-0.3, -0.25) is 13.9 Å². The van der Waals surface area contributed by atoms with Crippen LogP contribution >= 0.6 is 11.6 Å². The lowest BCUT2D eigenvalue weighted by atomic mass is 9.86. The van der Waals surface area contributed by atoms with E-state index in [4.69, 9.17) is 11.6 Å². The van der Waals surface area contributed by atoms with Crippen LogP contribution in [-0.4, -0.2) is 18.8 Å². The first kappa shape index (κ1) is 21.0. The zero-order valence-electron chi connectivity index (χ0n) is 18.1. The number of aryl methyl sites for hydroxylation is 1. The van der Waals surface area contributed by atoms with Gasteiger partial charge in [0.2, 0.25) is 0 Å². The molecule has 0 unspecified atom stereocenters. The van der Waals surface area contributed by atoms with E-state index >= 15 is 0 Å². The molecule has 0 saturated carbocycles. The minimum absolute atomic E-state index is 0.0130. The number of aromatic hydroxyl groups is 1. The van der Waals surface area contributed by atoms with Gasteiger partial charge in [0.1, 0.15) is 5.75 Å². The molecule has 31 heavy (non-hydrogen) atoms. The maximum atomic E-state index is 13.2. The van der Waals surface area contributed by atoms with Gasteiger partial charge in [-0.05, 0) is 34.7 Å². The molecule has 1 N–H and O–H groups in total. The lowest BCUT2D eigenvalue weighted by molar-refractivity contribution is 0.472. The third-order valence-corrected chi connectivity index (χ3v) is 5.90. The Morgan fingerprint density at radius 2 is 1.58 bits per heavy atom. The van der Waals surface area contributed by atoms with Crippen molar-refractivity contribution < 1.29 is 5.11 Å². The molecule has 2 heterocycles. The van der Waals surface area contributed by atoms with Crippen LogP contribution in [0.15, 0.2) is 58.3 Å². The summed E-state index contributed by atoms with van der Waals surface area (Å²) in [5.41, 5.74) is 2.60. The van der Waals surface area contributed by atoms with Gasteiger partial charge in [-0.25, -0.2) is 4.79 Å². The summed E-state index contributed by atoms with van der Waals surface area (Å²) in [7, 11) is 3.09. The molecular weight excluding hydrogens is 414 g/mol. The van der Waals surface area contributed by atoms with E-state index in [1.54, 1.807) is 29.9 Å². The monoisotopic (exact) mass is 437 g/mol. The molecule has 4 aromatic rings. The Morgan fingerprint density at radius 3 is 2.19 bits per heavy atom. The smallest absolute Gasteiger partial charge is 0.330 e. The molecule has 0 bridgehead atoms. The average molecular weight is 438 g/mol. The normalized spacial score (nSPS) is 11.9. The van der Waals surface area contributed by atoms with E-state index in [0.717, 1.165) is 15.7 Å². The molecule has 0 aliphatic rings. The van der Waals surface area contributed by atoms with Crippen molar-refractivity contribution in [2.45, 2.75) is 26.2 Å². The van der Waals surface area contributed by atoms with Gasteiger partial charge in [-0.2, -0.15) is 0 Å². The number of nitrogens with zero attached hydrogens (tertiary/aromatic N) is 3. The zero-order chi connectivity index (χ0) is 22.7. The van der Waals surface area contributed by atoms with E-state index in [-0.39, 0.29) is 11.2 Å². The van der Waals surface area contributed by atoms with Gasteiger partial charge >= 0.3 is 5.69 Å². The Bertz CT molecular complexity index is 1430. The van der Waals surface area contributed by atoms with E-state index in [9.17, 15) is 14.7 Å². The van der Waals surface area contributed by atoms with Crippen LogP contribution in [0.2, 0.25) is 5.02 Å². The highest BCUT2D eigenvalue weighted by Gasteiger charge is 2.22. The van der Waals surface area contributed by atoms with Gasteiger partial charge in [0.25, 0.3) is 5.56 Å². The fraction of sp³-hybridized carbons (Fsp3) is 0.250. The maximum Gasteiger partial charge on any atom is 0.330 e. The highest BCUT2D eigenvalue weighted by molar-refractivity contribution is 6.30. The van der Waals surface area contributed by atoms with Crippen molar-refractivity contribution in [3.05, 3.63) is 80.1 Å². The van der Waals surface area contributed by atoms with E-state index < -0.39 is 11.2 Å². The lowest BCUT2D eigenvalue weighted by Crippen LogP contribution is -2.36. The highest BCUT2D eigenvalue weighted by Crippen LogP contribution is 2.36. The number of rotatable bonds is 2. The summed E-state index contributed by atoms with van der Waals surface area (Å²) in [5.74, 6) is 0.0130. The molecule has 160 valence electrons. The summed E-state index contributed by atoms with van der Waals surface area (Å²) in [6.45, 7) is 6.40. The fourth-order valence-corrected chi connectivity index (χ4v) is 4.00. The standard InChI is InChI=1S/C24H24ClN3O3/c1-24(2,3)15-8-6-14(7-9-15)21-20-18(26(4)23(31)27(5)22(20)30)13-28(21)17-12-16(25)10-11-19(17)29/h6-13,29H,1-5H3. The number of hydrogen-bond acceptors (Lipinski definition) is 3. The number of fused-ring (bicyclic) bond motifs is 1. The first-order chi connectivity index (χ1) is 14.5. The summed E-state index contributed by atoms with van der Waals surface area (Å²) >= 11 is 6.20. The summed E-state index contributed by atoms with van der Waals surface area (Å²) in [6, 6.07) is 12.7. The number of aromatic nitrogens is 3. The first-order valence-electron chi connectivity index (χ1n) is 9.91. The second-order valence-electron chi connectivity index (χ2n) is 8.77. The second kappa shape index (κ2) is 7.17. The molecular formula is C24H24ClN3O3. The number of phenols is 1. The Hall–Kier alpha value is -3.25. The maximum absolute atomic E-state index is 13.2. The van der Waals surface area contributed by atoms with Crippen LogP contribution in [0.5, 0.6) is 5.75 Å². The van der Waals surface area contributed by atoms with Gasteiger partial charge in [-0.15, -0.1) is 0 Å². The Balaban J connectivity index is 2.15. The van der Waals surface area contributed by atoms with Crippen LogP contribution in [0.3, 0.4) is 0 Å². The first-order valence-corrected chi connectivity index (χ1v) is 10.3. The molecule has 2 aromatic heterocycles. The lowest BCUT2D eigenvalue weighted by Gasteiger charge is -2.19. The molecule has 7 heteroatoms. The zero-order valence-corrected chi connectivity index (χ0v) is 18.9. The SMILES string of the molecule is Cn1c(=O)c2c(-c3ccc(C(C)(C)C)cc3)n(-c3cc(Cl)ccc3O)cc2n(C)c1=O. The van der Waals surface area contributed by atoms with Crippen LogP contribution in [0.25, 0.3) is 27.8 Å². The molecule has 0 aliphatic heterocycles. The fourth-order valence-electron chi connectivity index (χ4n) is 3.83. The van der Waals surface area contributed by atoms with Crippen molar-refractivity contribution in [1.29, 1.82) is 0 Å². The van der Waals surface area contributed by atoms with Gasteiger partial charge in [0.15, 0.2) is 0 Å². The van der Waals surface area contributed by atoms with Crippen LogP contribution in [0.1, 0.15) is 26.3 Å². The molecule has 0 amide bonds. The van der Waals surface area contributed by atoms with Gasteiger partial charge in [0, 0.05) is 25.3 Å². The van der Waals surface area contributed by atoms with Crippen molar-refractivity contribution in [2.24, 2.45) is 14.1 Å². The van der Waals surface area contributed by atoms with Crippen LogP contribution < -0.4 is 11.2 Å². The molecule has 0 atom stereocenters.